The number of nitrogens with one attached hydrogen (secondary N) is 1. The van der Waals surface area contributed by atoms with E-state index in [1.54, 1.807) is 39.0 Å². The molecular formula is C25H30FN5O4. The van der Waals surface area contributed by atoms with Gasteiger partial charge >= 0.3 is 17.9 Å². The minimum atomic E-state index is -0.823. The summed E-state index contributed by atoms with van der Waals surface area (Å²) in [6.45, 7) is 5.73. The van der Waals surface area contributed by atoms with Gasteiger partial charge in [-0.25, -0.2) is 14.2 Å². The third kappa shape index (κ3) is 5.87. The fraction of sp³-hybridized carbons (Fsp3) is 0.440. The molecule has 1 aromatic carbocycles. The number of nitrogens with zero attached hydrogens (tertiary/aromatic N) is 3. The molecule has 1 atom stereocenters. The van der Waals surface area contributed by atoms with Crippen molar-refractivity contribution in [3.8, 4) is 0 Å². The highest BCUT2D eigenvalue weighted by Crippen LogP contribution is 2.42. The van der Waals surface area contributed by atoms with E-state index in [-0.39, 0.29) is 19.6 Å². The molecule has 2 heterocycles. The lowest BCUT2D eigenvalue weighted by Crippen LogP contribution is -2.55. The molecule has 9 nitrogen and oxygen atoms in total. The first-order chi connectivity index (χ1) is 16.5. The third-order valence-corrected chi connectivity index (χ3v) is 5.97. The number of halogens is 1. The molecule has 1 saturated heterocycles. The van der Waals surface area contributed by atoms with Crippen molar-refractivity contribution in [2.75, 3.05) is 30.7 Å². The molecule has 0 bridgehead atoms. The van der Waals surface area contributed by atoms with Gasteiger partial charge in [0.1, 0.15) is 17.2 Å². The number of rotatable bonds is 3. The van der Waals surface area contributed by atoms with Crippen LogP contribution in [0, 0.1) is 5.82 Å². The monoisotopic (exact) mass is 483 g/mol. The fourth-order valence-electron chi connectivity index (χ4n) is 4.09. The number of piperazine rings is 1. The Morgan fingerprint density at radius 2 is 1.83 bits per heavy atom. The Labute approximate surface area is 203 Å². The van der Waals surface area contributed by atoms with Crippen LogP contribution in [0.4, 0.5) is 20.7 Å². The number of nitrogen functional groups attached to an aromatic ring is 1. The molecule has 3 amide bonds. The molecule has 10 heteroatoms. The Bertz CT molecular complexity index is 1130. The highest BCUT2D eigenvalue weighted by Gasteiger charge is 2.37. The van der Waals surface area contributed by atoms with Gasteiger partial charge in [0.2, 0.25) is 0 Å². The second-order valence-corrected chi connectivity index (χ2v) is 9.92. The van der Waals surface area contributed by atoms with Crippen molar-refractivity contribution in [1.29, 1.82) is 0 Å². The lowest BCUT2D eigenvalue weighted by Gasteiger charge is -2.41. The van der Waals surface area contributed by atoms with Crippen molar-refractivity contribution >= 4 is 29.4 Å². The Hall–Kier alpha value is -3.69. The number of hydrogen-bond acceptors (Lipinski definition) is 6. The van der Waals surface area contributed by atoms with E-state index >= 15 is 0 Å². The second kappa shape index (κ2) is 9.52. The maximum absolute atomic E-state index is 13.5. The van der Waals surface area contributed by atoms with Crippen LogP contribution in [-0.2, 0) is 14.3 Å². The van der Waals surface area contributed by atoms with E-state index in [2.05, 4.69) is 10.3 Å². The maximum atomic E-state index is 13.5. The Kier molecular flexibility index (Phi) is 6.64. The Balaban J connectivity index is 1.52. The fourth-order valence-corrected chi connectivity index (χ4v) is 4.09. The molecule has 35 heavy (non-hydrogen) atoms. The van der Waals surface area contributed by atoms with Crippen molar-refractivity contribution in [3.05, 3.63) is 53.5 Å². The van der Waals surface area contributed by atoms with Crippen molar-refractivity contribution < 1.29 is 23.5 Å². The van der Waals surface area contributed by atoms with E-state index in [1.165, 1.54) is 28.1 Å². The molecular weight excluding hydrogens is 453 g/mol. The van der Waals surface area contributed by atoms with Crippen LogP contribution in [0.2, 0.25) is 0 Å². The van der Waals surface area contributed by atoms with E-state index in [0.29, 0.717) is 23.0 Å². The molecule has 1 saturated carbocycles. The van der Waals surface area contributed by atoms with Gasteiger partial charge in [0, 0.05) is 19.6 Å². The molecule has 3 N–H and O–H groups in total. The lowest BCUT2D eigenvalue weighted by molar-refractivity contribution is -0.146. The van der Waals surface area contributed by atoms with Crippen LogP contribution in [0.5, 0.6) is 0 Å². The van der Waals surface area contributed by atoms with Crippen molar-refractivity contribution in [3.63, 3.8) is 0 Å². The predicted octanol–water partition coefficient (Wildman–Crippen LogP) is 3.44. The van der Waals surface area contributed by atoms with E-state index in [1.807, 2.05) is 0 Å². The van der Waals surface area contributed by atoms with Crippen molar-refractivity contribution in [2.45, 2.75) is 51.2 Å². The van der Waals surface area contributed by atoms with Crippen LogP contribution in [-0.4, -0.2) is 57.9 Å². The highest BCUT2D eigenvalue weighted by atomic mass is 19.1. The lowest BCUT2D eigenvalue weighted by atomic mass is 10.0. The number of benzene rings is 1. The van der Waals surface area contributed by atoms with E-state index in [4.69, 9.17) is 10.5 Å². The maximum Gasteiger partial charge on any atom is 0.410 e. The van der Waals surface area contributed by atoms with E-state index in [0.717, 1.165) is 18.4 Å². The number of hydrogen-bond donors (Lipinski definition) is 2. The van der Waals surface area contributed by atoms with E-state index < -0.39 is 35.4 Å². The molecule has 1 aromatic heterocycles. The van der Waals surface area contributed by atoms with Crippen molar-refractivity contribution in [1.82, 2.24) is 14.8 Å². The number of anilines is 2. The highest BCUT2D eigenvalue weighted by molar-refractivity contribution is 6.39. The zero-order valence-corrected chi connectivity index (χ0v) is 20.1. The quantitative estimate of drug-likeness (QED) is 0.646. The summed E-state index contributed by atoms with van der Waals surface area (Å²) in [6.07, 6.45) is 2.94. The van der Waals surface area contributed by atoms with Crippen LogP contribution in [0.15, 0.2) is 36.5 Å². The molecule has 1 aliphatic heterocycles. The molecule has 186 valence electrons. The summed E-state index contributed by atoms with van der Waals surface area (Å²) in [5.74, 6) is -1.25. The summed E-state index contributed by atoms with van der Waals surface area (Å²) in [5.41, 5.74) is 7.12. The number of amides is 3. The van der Waals surface area contributed by atoms with Gasteiger partial charge in [-0.15, -0.1) is 0 Å². The van der Waals surface area contributed by atoms with Gasteiger partial charge in [0.15, 0.2) is 0 Å². The Morgan fingerprint density at radius 1 is 1.14 bits per heavy atom. The largest absolute Gasteiger partial charge is 0.444 e. The van der Waals surface area contributed by atoms with Crippen LogP contribution in [0.1, 0.15) is 56.7 Å². The molecule has 0 radical (unpaired) electrons. The number of nitrogens with two attached hydrogens (primary N) is 1. The van der Waals surface area contributed by atoms with Gasteiger partial charge in [-0.3, -0.25) is 9.59 Å². The number of pyridine rings is 1. The van der Waals surface area contributed by atoms with Crippen LogP contribution in [0.25, 0.3) is 0 Å². The Morgan fingerprint density at radius 3 is 2.46 bits per heavy atom. The van der Waals surface area contributed by atoms with Gasteiger partial charge in [0.05, 0.1) is 17.9 Å². The molecule has 1 aliphatic carbocycles. The first kappa shape index (κ1) is 24.4. The summed E-state index contributed by atoms with van der Waals surface area (Å²) in [5, 5.41) is 2.62. The molecule has 2 fully saturated rings. The van der Waals surface area contributed by atoms with E-state index in [9.17, 15) is 18.8 Å². The third-order valence-electron chi connectivity index (χ3n) is 5.97. The zero-order chi connectivity index (χ0) is 25.3. The smallest absolute Gasteiger partial charge is 0.410 e. The second-order valence-electron chi connectivity index (χ2n) is 9.92. The molecule has 4 rings (SSSR count). The van der Waals surface area contributed by atoms with Gasteiger partial charge in [-0.05, 0) is 68.9 Å². The van der Waals surface area contributed by atoms with Crippen molar-refractivity contribution in [2.24, 2.45) is 0 Å². The topological polar surface area (TPSA) is 118 Å². The molecule has 0 unspecified atom stereocenters. The average molecular weight is 484 g/mol. The summed E-state index contributed by atoms with van der Waals surface area (Å²) < 4.78 is 19.0. The SMILES string of the molecule is CC(C)(C)OC(=O)N1CCN(C(=O)C(=O)Nc2cnc(N)c(C3CC3)c2)[C@H](c2ccc(F)cc2)C1. The van der Waals surface area contributed by atoms with Crippen LogP contribution in [0.3, 0.4) is 0 Å². The normalized spacial score (nSPS) is 18.2. The standard InChI is InChI=1S/C25H30FN5O4/c1-25(2,3)35-24(34)30-10-11-31(20(14-30)16-6-8-17(26)9-7-16)23(33)22(32)29-18-12-19(15-4-5-15)21(27)28-13-18/h6-9,12-13,15,20H,4-5,10-11,14H2,1-3H3,(H2,27,28)(H,29,32)/t20-/m0/s1. The molecule has 2 aromatic rings. The summed E-state index contributed by atoms with van der Waals surface area (Å²) in [4.78, 5) is 45.8. The summed E-state index contributed by atoms with van der Waals surface area (Å²) in [6, 6.07) is 6.75. The first-order valence-corrected chi connectivity index (χ1v) is 11.6. The number of ether oxygens (including phenoxy) is 1. The predicted molar refractivity (Wildman–Crippen MR) is 128 cm³/mol. The van der Waals surface area contributed by atoms with Gasteiger partial charge in [0.25, 0.3) is 0 Å². The minimum Gasteiger partial charge on any atom is -0.444 e. The molecule has 2 aliphatic rings. The summed E-state index contributed by atoms with van der Waals surface area (Å²) in [7, 11) is 0. The zero-order valence-electron chi connectivity index (χ0n) is 20.1. The summed E-state index contributed by atoms with van der Waals surface area (Å²) >= 11 is 0. The number of aromatic nitrogens is 1. The number of carbonyl (C=O) groups is 3. The van der Waals surface area contributed by atoms with Gasteiger partial charge < -0.3 is 25.6 Å². The average Bonchev–Trinajstić information content (AvgIpc) is 3.64. The van der Waals surface area contributed by atoms with Crippen LogP contribution >= 0.6 is 0 Å². The number of carbonyl (C=O) groups excluding carboxylic acids is 3. The van der Waals surface area contributed by atoms with Gasteiger partial charge in [-0.1, -0.05) is 12.1 Å². The van der Waals surface area contributed by atoms with Gasteiger partial charge in [-0.2, -0.15) is 0 Å². The van der Waals surface area contributed by atoms with Crippen LogP contribution < -0.4 is 11.1 Å². The minimum absolute atomic E-state index is 0.106. The molecule has 0 spiro atoms. The first-order valence-electron chi connectivity index (χ1n) is 11.6.